The maximum absolute atomic E-state index is 4.93. The first-order chi connectivity index (χ1) is 16.0. The second-order valence-corrected chi connectivity index (χ2v) is 8.70. The molecule has 0 saturated carbocycles. The van der Waals surface area contributed by atoms with E-state index in [4.69, 9.17) is 4.98 Å². The summed E-state index contributed by atoms with van der Waals surface area (Å²) in [5.41, 5.74) is 9.45. The molecule has 168 valence electrons. The van der Waals surface area contributed by atoms with Crippen LogP contribution in [0.25, 0.3) is 28.0 Å². The standard InChI is InChI=1S/C26H29N7/c1-17-21-8-7-9-24(17)33(4)13-6-5-12-32(3)20-14-19(15-27-16-20)22-10-11-23-26(29-22)25(31-30-23)18(2)28-21/h7-11,14-16,28H,2,5-6,12-13H2,1,3-4H3,(H,30,31). The van der Waals surface area contributed by atoms with Crippen LogP contribution in [0.3, 0.4) is 0 Å². The molecule has 5 rings (SSSR count). The third-order valence-corrected chi connectivity index (χ3v) is 6.39. The number of rotatable bonds is 0. The maximum atomic E-state index is 4.93. The predicted octanol–water partition coefficient (Wildman–Crippen LogP) is 5.08. The van der Waals surface area contributed by atoms with Crippen molar-refractivity contribution in [1.29, 1.82) is 0 Å². The first-order valence-electron chi connectivity index (χ1n) is 11.3. The number of aromatic amines is 1. The Morgan fingerprint density at radius 2 is 1.82 bits per heavy atom. The number of aromatic nitrogens is 4. The lowest BCUT2D eigenvalue weighted by Gasteiger charge is -2.24. The predicted molar refractivity (Wildman–Crippen MR) is 137 cm³/mol. The van der Waals surface area contributed by atoms with Gasteiger partial charge in [-0.1, -0.05) is 12.6 Å². The lowest BCUT2D eigenvalue weighted by molar-refractivity contribution is 0.707. The van der Waals surface area contributed by atoms with Crippen molar-refractivity contribution in [3.05, 3.63) is 66.6 Å². The first kappa shape index (κ1) is 21.0. The fourth-order valence-electron chi connectivity index (χ4n) is 4.39. The monoisotopic (exact) mass is 439 g/mol. The first-order valence-corrected chi connectivity index (χ1v) is 11.3. The van der Waals surface area contributed by atoms with Crippen molar-refractivity contribution in [2.75, 3.05) is 42.3 Å². The summed E-state index contributed by atoms with van der Waals surface area (Å²) in [7, 11) is 4.28. The molecule has 1 aliphatic rings. The van der Waals surface area contributed by atoms with Crippen LogP contribution in [0, 0.1) is 6.92 Å². The molecular weight excluding hydrogens is 410 g/mol. The van der Waals surface area contributed by atoms with Crippen molar-refractivity contribution < 1.29 is 0 Å². The van der Waals surface area contributed by atoms with Crippen LogP contribution in [-0.2, 0) is 0 Å². The van der Waals surface area contributed by atoms with Gasteiger partial charge in [-0.15, -0.1) is 0 Å². The lowest BCUT2D eigenvalue weighted by atomic mass is 10.1. The van der Waals surface area contributed by atoms with Gasteiger partial charge < -0.3 is 15.1 Å². The zero-order chi connectivity index (χ0) is 22.9. The van der Waals surface area contributed by atoms with E-state index in [1.54, 1.807) is 0 Å². The van der Waals surface area contributed by atoms with Gasteiger partial charge in [0.2, 0.25) is 0 Å². The van der Waals surface area contributed by atoms with Gasteiger partial charge in [0.15, 0.2) is 0 Å². The van der Waals surface area contributed by atoms with Crippen LogP contribution >= 0.6 is 0 Å². The van der Waals surface area contributed by atoms with Gasteiger partial charge >= 0.3 is 0 Å². The maximum Gasteiger partial charge on any atom is 0.134 e. The summed E-state index contributed by atoms with van der Waals surface area (Å²) >= 11 is 0. The molecule has 0 radical (unpaired) electrons. The van der Waals surface area contributed by atoms with E-state index in [1.807, 2.05) is 24.5 Å². The molecule has 2 N–H and O–H groups in total. The Balaban J connectivity index is 1.61. The molecule has 0 aliphatic carbocycles. The highest BCUT2D eigenvalue weighted by Crippen LogP contribution is 2.31. The number of pyridine rings is 2. The third-order valence-electron chi connectivity index (χ3n) is 6.39. The van der Waals surface area contributed by atoms with E-state index in [0.717, 1.165) is 59.6 Å². The van der Waals surface area contributed by atoms with E-state index in [-0.39, 0.29) is 0 Å². The number of hydrogen-bond acceptors (Lipinski definition) is 6. The van der Waals surface area contributed by atoms with Gasteiger partial charge in [0, 0.05) is 50.3 Å². The van der Waals surface area contributed by atoms with E-state index >= 15 is 0 Å². The van der Waals surface area contributed by atoms with E-state index in [1.165, 1.54) is 11.3 Å². The number of nitrogens with one attached hydrogen (secondary N) is 2. The number of anilines is 3. The topological polar surface area (TPSA) is 73.0 Å². The SMILES string of the molecule is C=C1Nc2cccc(c2C)N(C)CCCCN(C)c2cncc(c2)-c2ccc3[nH]nc1c3n2. The Bertz CT molecular complexity index is 1320. The number of benzene rings is 1. The molecule has 3 aromatic heterocycles. The highest BCUT2D eigenvalue weighted by atomic mass is 15.1. The van der Waals surface area contributed by atoms with Crippen molar-refractivity contribution >= 4 is 33.8 Å². The van der Waals surface area contributed by atoms with Gasteiger partial charge in [-0.05, 0) is 55.7 Å². The highest BCUT2D eigenvalue weighted by molar-refractivity contribution is 5.91. The molecule has 0 atom stereocenters. The summed E-state index contributed by atoms with van der Waals surface area (Å²) in [5.74, 6) is 0. The number of fused-ring (bicyclic) bond motifs is 6. The summed E-state index contributed by atoms with van der Waals surface area (Å²) in [5, 5.41) is 11.1. The number of hydrogen-bond donors (Lipinski definition) is 2. The number of nitrogens with zero attached hydrogens (tertiary/aromatic N) is 5. The smallest absolute Gasteiger partial charge is 0.134 e. The molecule has 1 aromatic carbocycles. The van der Waals surface area contributed by atoms with Crippen molar-refractivity contribution in [3.8, 4) is 11.3 Å². The van der Waals surface area contributed by atoms with Crippen molar-refractivity contribution in [2.24, 2.45) is 0 Å². The summed E-state index contributed by atoms with van der Waals surface area (Å²) in [4.78, 5) is 14.0. The van der Waals surface area contributed by atoms with Crippen LogP contribution in [0.5, 0.6) is 0 Å². The Morgan fingerprint density at radius 1 is 1.00 bits per heavy atom. The Hall–Kier alpha value is -3.87. The quantitative estimate of drug-likeness (QED) is 0.398. The van der Waals surface area contributed by atoms with E-state index in [0.29, 0.717) is 11.4 Å². The van der Waals surface area contributed by atoms with Gasteiger partial charge in [0.1, 0.15) is 11.2 Å². The van der Waals surface area contributed by atoms with E-state index in [2.05, 4.69) is 82.2 Å². The molecule has 0 amide bonds. The van der Waals surface area contributed by atoms with Gasteiger partial charge in [0.25, 0.3) is 0 Å². The van der Waals surface area contributed by atoms with Gasteiger partial charge in [-0.3, -0.25) is 10.1 Å². The van der Waals surface area contributed by atoms with Crippen LogP contribution < -0.4 is 15.1 Å². The molecule has 1 aliphatic heterocycles. The average molecular weight is 440 g/mol. The second kappa shape index (κ2) is 8.58. The summed E-state index contributed by atoms with van der Waals surface area (Å²) in [6.07, 6.45) is 5.98. The summed E-state index contributed by atoms with van der Waals surface area (Å²) < 4.78 is 0. The summed E-state index contributed by atoms with van der Waals surface area (Å²) in [6.45, 7) is 8.38. The fourth-order valence-corrected chi connectivity index (χ4v) is 4.39. The van der Waals surface area contributed by atoms with Crippen LogP contribution in [0.4, 0.5) is 17.1 Å². The van der Waals surface area contributed by atoms with Gasteiger partial charge in [-0.2, -0.15) is 5.10 Å². The van der Waals surface area contributed by atoms with Crippen LogP contribution in [0.2, 0.25) is 0 Å². The molecule has 0 saturated heterocycles. The van der Waals surface area contributed by atoms with Crippen molar-refractivity contribution in [3.63, 3.8) is 0 Å². The Morgan fingerprint density at radius 3 is 2.67 bits per heavy atom. The molecule has 7 nitrogen and oxygen atoms in total. The molecule has 6 bridgehead atoms. The average Bonchev–Trinajstić information content (AvgIpc) is 3.26. The second-order valence-electron chi connectivity index (χ2n) is 8.70. The minimum Gasteiger partial charge on any atom is -0.374 e. The van der Waals surface area contributed by atoms with E-state index in [9.17, 15) is 0 Å². The van der Waals surface area contributed by atoms with Gasteiger partial charge in [0.05, 0.1) is 28.8 Å². The molecule has 33 heavy (non-hydrogen) atoms. The number of H-pyrrole nitrogens is 1. The molecule has 0 spiro atoms. The van der Waals surface area contributed by atoms with E-state index < -0.39 is 0 Å². The normalized spacial score (nSPS) is 14.8. The zero-order valence-corrected chi connectivity index (χ0v) is 19.4. The molecular formula is C26H29N7. The van der Waals surface area contributed by atoms with Gasteiger partial charge in [-0.25, -0.2) is 4.98 Å². The van der Waals surface area contributed by atoms with Crippen LogP contribution in [0.15, 0.2) is 55.4 Å². The Labute approximate surface area is 194 Å². The lowest BCUT2D eigenvalue weighted by Crippen LogP contribution is -2.23. The molecule has 7 heteroatoms. The molecule has 0 unspecified atom stereocenters. The van der Waals surface area contributed by atoms with Crippen molar-refractivity contribution in [1.82, 2.24) is 20.2 Å². The van der Waals surface area contributed by atoms with Crippen LogP contribution in [-0.4, -0.2) is 47.4 Å². The zero-order valence-electron chi connectivity index (χ0n) is 19.4. The van der Waals surface area contributed by atoms with Crippen molar-refractivity contribution in [2.45, 2.75) is 19.8 Å². The third kappa shape index (κ3) is 4.02. The minimum atomic E-state index is 0.710. The van der Waals surface area contributed by atoms with Crippen LogP contribution in [0.1, 0.15) is 24.1 Å². The fraction of sp³-hybridized carbons (Fsp3) is 0.269. The molecule has 0 fully saturated rings. The highest BCUT2D eigenvalue weighted by Gasteiger charge is 2.16. The largest absolute Gasteiger partial charge is 0.374 e. The molecule has 4 aromatic rings. The Kier molecular flexibility index (Phi) is 5.46. The summed E-state index contributed by atoms with van der Waals surface area (Å²) in [6, 6.07) is 12.5. The minimum absolute atomic E-state index is 0.710. The molecule has 4 heterocycles.